The van der Waals surface area contributed by atoms with Crippen LogP contribution in [0.1, 0.15) is 19.8 Å². The fraction of sp³-hybridized carbons (Fsp3) is 0.444. The highest BCUT2D eigenvalue weighted by Gasteiger charge is 2.39. The van der Waals surface area contributed by atoms with E-state index in [1.807, 2.05) is 18.2 Å². The first-order chi connectivity index (χ1) is 10.8. The highest BCUT2D eigenvalue weighted by molar-refractivity contribution is 5.59. The number of fused-ring (bicyclic) bond motifs is 3. The Balaban J connectivity index is 1.50. The molecule has 2 unspecified atom stereocenters. The van der Waals surface area contributed by atoms with Gasteiger partial charge in [-0.2, -0.15) is 0 Å². The lowest BCUT2D eigenvalue weighted by Crippen LogP contribution is -2.59. The molecule has 0 amide bonds. The van der Waals surface area contributed by atoms with Gasteiger partial charge in [0.1, 0.15) is 5.82 Å². The number of aromatic nitrogens is 2. The van der Waals surface area contributed by atoms with Gasteiger partial charge in [0.05, 0.1) is 5.69 Å². The predicted octanol–water partition coefficient (Wildman–Crippen LogP) is 3.04. The number of benzene rings is 1. The lowest BCUT2D eigenvalue weighted by Gasteiger charge is -2.50. The summed E-state index contributed by atoms with van der Waals surface area (Å²) in [5, 5.41) is 12.4. The summed E-state index contributed by atoms with van der Waals surface area (Å²) in [7, 11) is 0. The van der Waals surface area contributed by atoms with Gasteiger partial charge in [0.15, 0.2) is 0 Å². The molecule has 5 rings (SSSR count). The van der Waals surface area contributed by atoms with Crippen molar-refractivity contribution in [3.8, 4) is 11.3 Å². The third-order valence-corrected chi connectivity index (χ3v) is 5.23. The van der Waals surface area contributed by atoms with E-state index >= 15 is 0 Å². The molecule has 0 aliphatic carbocycles. The van der Waals surface area contributed by atoms with Gasteiger partial charge in [-0.1, -0.05) is 30.3 Å². The van der Waals surface area contributed by atoms with Gasteiger partial charge in [0.2, 0.25) is 0 Å². The molecule has 2 aromatic rings. The van der Waals surface area contributed by atoms with Crippen LogP contribution in [0, 0.1) is 5.92 Å². The highest BCUT2D eigenvalue weighted by Crippen LogP contribution is 2.33. The summed E-state index contributed by atoms with van der Waals surface area (Å²) in [4.78, 5) is 2.59. The van der Waals surface area contributed by atoms with Crippen LogP contribution in [0.3, 0.4) is 0 Å². The van der Waals surface area contributed by atoms with E-state index in [1.54, 1.807) is 0 Å². The number of nitrogens with zero attached hydrogens (tertiary/aromatic N) is 3. The minimum Gasteiger partial charge on any atom is -0.364 e. The van der Waals surface area contributed by atoms with Gasteiger partial charge in [-0.3, -0.25) is 4.90 Å². The number of rotatable bonds is 3. The molecule has 3 aliphatic heterocycles. The largest absolute Gasteiger partial charge is 0.364 e. The molecule has 0 saturated carbocycles. The number of hydrogen-bond acceptors (Lipinski definition) is 4. The Hall–Kier alpha value is -1.94. The molecular formula is C18H22N4. The van der Waals surface area contributed by atoms with Crippen LogP contribution in [-0.2, 0) is 0 Å². The van der Waals surface area contributed by atoms with Gasteiger partial charge >= 0.3 is 0 Å². The topological polar surface area (TPSA) is 41.1 Å². The quantitative estimate of drug-likeness (QED) is 0.944. The molecule has 0 spiro atoms. The lowest BCUT2D eigenvalue weighted by atomic mass is 9.79. The van der Waals surface area contributed by atoms with Crippen LogP contribution in [0.5, 0.6) is 0 Å². The Kier molecular flexibility index (Phi) is 3.54. The maximum atomic E-state index is 4.39. The van der Waals surface area contributed by atoms with Gasteiger partial charge in [-0.15, -0.1) is 10.2 Å². The third-order valence-electron chi connectivity index (χ3n) is 5.23. The average Bonchev–Trinajstić information content (AvgIpc) is 2.60. The summed E-state index contributed by atoms with van der Waals surface area (Å²) in [5.74, 6) is 1.67. The van der Waals surface area contributed by atoms with Crippen LogP contribution >= 0.6 is 0 Å². The smallest absolute Gasteiger partial charge is 0.148 e. The summed E-state index contributed by atoms with van der Waals surface area (Å²) in [6, 6.07) is 15.4. The number of piperidine rings is 3. The van der Waals surface area contributed by atoms with Crippen molar-refractivity contribution >= 4 is 5.82 Å². The zero-order valence-corrected chi connectivity index (χ0v) is 12.9. The van der Waals surface area contributed by atoms with E-state index in [2.05, 4.69) is 51.6 Å². The maximum absolute atomic E-state index is 4.39. The molecule has 0 radical (unpaired) electrons. The fourth-order valence-electron chi connectivity index (χ4n) is 3.89. The summed E-state index contributed by atoms with van der Waals surface area (Å²) in [6.45, 7) is 4.83. The Morgan fingerprint density at radius 2 is 1.77 bits per heavy atom. The van der Waals surface area contributed by atoms with Crippen LogP contribution < -0.4 is 5.32 Å². The van der Waals surface area contributed by atoms with Crippen molar-refractivity contribution in [2.75, 3.05) is 18.4 Å². The van der Waals surface area contributed by atoms with Gasteiger partial charge < -0.3 is 5.32 Å². The molecule has 3 saturated heterocycles. The zero-order chi connectivity index (χ0) is 14.9. The monoisotopic (exact) mass is 294 g/mol. The first-order valence-electron chi connectivity index (χ1n) is 8.21. The van der Waals surface area contributed by atoms with E-state index in [1.165, 1.54) is 25.9 Å². The molecular weight excluding hydrogens is 272 g/mol. The summed E-state index contributed by atoms with van der Waals surface area (Å²) >= 11 is 0. The second kappa shape index (κ2) is 5.69. The van der Waals surface area contributed by atoms with Crippen molar-refractivity contribution in [2.45, 2.75) is 31.8 Å². The fourth-order valence-corrected chi connectivity index (χ4v) is 3.89. The Morgan fingerprint density at radius 3 is 2.41 bits per heavy atom. The third kappa shape index (κ3) is 2.48. The minimum absolute atomic E-state index is 0.499. The molecule has 3 aliphatic rings. The van der Waals surface area contributed by atoms with E-state index in [-0.39, 0.29) is 0 Å². The molecule has 1 aromatic carbocycles. The number of anilines is 1. The van der Waals surface area contributed by atoms with Crippen LogP contribution in [0.4, 0.5) is 5.82 Å². The Bertz CT molecular complexity index is 615. The van der Waals surface area contributed by atoms with Crippen molar-refractivity contribution in [2.24, 2.45) is 5.92 Å². The van der Waals surface area contributed by atoms with Crippen molar-refractivity contribution in [1.29, 1.82) is 0 Å². The van der Waals surface area contributed by atoms with E-state index in [9.17, 15) is 0 Å². The molecule has 2 atom stereocenters. The van der Waals surface area contributed by atoms with Crippen LogP contribution in [0.15, 0.2) is 42.5 Å². The maximum Gasteiger partial charge on any atom is 0.148 e. The standard InChI is InChI=1S/C18H22N4/c1-13-18(15-9-11-22(13)12-10-15)19-17-8-7-16(20-21-17)14-5-3-2-4-6-14/h2-8,13,15,18H,9-12H2,1H3,(H,19,21). The van der Waals surface area contributed by atoms with E-state index in [4.69, 9.17) is 0 Å². The molecule has 1 N–H and O–H groups in total. The minimum atomic E-state index is 0.499. The summed E-state index contributed by atoms with van der Waals surface area (Å²) in [6.07, 6.45) is 2.61. The highest BCUT2D eigenvalue weighted by atomic mass is 15.2. The molecule has 2 bridgehead atoms. The molecule has 4 heterocycles. The van der Waals surface area contributed by atoms with Crippen LogP contribution in [0.2, 0.25) is 0 Å². The summed E-state index contributed by atoms with van der Waals surface area (Å²) < 4.78 is 0. The van der Waals surface area contributed by atoms with Gasteiger partial charge in [-0.05, 0) is 50.9 Å². The lowest BCUT2D eigenvalue weighted by molar-refractivity contribution is 0.0457. The van der Waals surface area contributed by atoms with Crippen molar-refractivity contribution < 1.29 is 0 Å². The van der Waals surface area contributed by atoms with Crippen molar-refractivity contribution in [3.05, 3.63) is 42.5 Å². The average molecular weight is 294 g/mol. The zero-order valence-electron chi connectivity index (χ0n) is 12.9. The van der Waals surface area contributed by atoms with Crippen molar-refractivity contribution in [1.82, 2.24) is 15.1 Å². The van der Waals surface area contributed by atoms with E-state index in [0.29, 0.717) is 12.1 Å². The van der Waals surface area contributed by atoms with Gasteiger partial charge in [0.25, 0.3) is 0 Å². The van der Waals surface area contributed by atoms with E-state index in [0.717, 1.165) is 23.0 Å². The first-order valence-corrected chi connectivity index (χ1v) is 8.21. The second-order valence-electron chi connectivity index (χ2n) is 6.45. The SMILES string of the molecule is CC1C(Nc2ccc(-c3ccccc3)nn2)C2CCN1CC2. The predicted molar refractivity (Wildman–Crippen MR) is 88.6 cm³/mol. The van der Waals surface area contributed by atoms with Crippen LogP contribution in [0.25, 0.3) is 11.3 Å². The van der Waals surface area contributed by atoms with E-state index < -0.39 is 0 Å². The molecule has 22 heavy (non-hydrogen) atoms. The molecule has 4 nitrogen and oxygen atoms in total. The molecule has 4 heteroatoms. The first kappa shape index (κ1) is 13.7. The second-order valence-corrected chi connectivity index (χ2v) is 6.45. The number of hydrogen-bond donors (Lipinski definition) is 1. The van der Waals surface area contributed by atoms with Crippen LogP contribution in [-0.4, -0.2) is 40.3 Å². The number of nitrogens with one attached hydrogen (secondary N) is 1. The van der Waals surface area contributed by atoms with Crippen molar-refractivity contribution in [3.63, 3.8) is 0 Å². The Morgan fingerprint density at radius 1 is 1.00 bits per heavy atom. The summed E-state index contributed by atoms with van der Waals surface area (Å²) in [5.41, 5.74) is 2.03. The van der Waals surface area contributed by atoms with Gasteiger partial charge in [-0.25, -0.2) is 0 Å². The molecule has 1 aromatic heterocycles. The Labute approximate surface area is 131 Å². The van der Waals surface area contributed by atoms with Gasteiger partial charge in [0, 0.05) is 17.6 Å². The normalized spacial score (nSPS) is 30.2. The molecule has 3 fully saturated rings. The molecule has 114 valence electrons.